The van der Waals surface area contributed by atoms with E-state index in [-0.39, 0.29) is 0 Å². The second kappa shape index (κ2) is 6.87. The summed E-state index contributed by atoms with van der Waals surface area (Å²) in [5.74, 6) is 1.29. The average molecular weight is 369 g/mol. The van der Waals surface area contributed by atoms with Crippen molar-refractivity contribution in [3.05, 3.63) is 35.9 Å². The van der Waals surface area contributed by atoms with Gasteiger partial charge in [-0.2, -0.15) is 0 Å². The maximum atomic E-state index is 6.08. The fraction of sp³-hybridized carbons (Fsp3) is 0.333. The Morgan fingerprint density at radius 1 is 1.38 bits per heavy atom. The molecule has 0 atom stereocenters. The summed E-state index contributed by atoms with van der Waals surface area (Å²) in [5, 5.41) is 5.11. The molecular formula is C18H19N5O2S. The number of hydrogen-bond donors (Lipinski definition) is 0. The van der Waals surface area contributed by atoms with Gasteiger partial charge in [-0.15, -0.1) is 11.3 Å². The number of thiazole rings is 1. The molecule has 4 rings (SSSR count). The van der Waals surface area contributed by atoms with Crippen molar-refractivity contribution in [2.24, 2.45) is 5.16 Å². The van der Waals surface area contributed by atoms with Crippen LogP contribution in [0, 0.1) is 6.92 Å². The number of pyridine rings is 1. The Morgan fingerprint density at radius 3 is 3.04 bits per heavy atom. The van der Waals surface area contributed by atoms with Crippen LogP contribution in [0.5, 0.6) is 0 Å². The van der Waals surface area contributed by atoms with Gasteiger partial charge in [0.05, 0.1) is 5.69 Å². The highest BCUT2D eigenvalue weighted by Crippen LogP contribution is 2.38. The van der Waals surface area contributed by atoms with Crippen molar-refractivity contribution in [2.75, 3.05) is 25.1 Å². The van der Waals surface area contributed by atoms with Gasteiger partial charge >= 0.3 is 0 Å². The van der Waals surface area contributed by atoms with Crippen molar-refractivity contribution < 1.29 is 9.25 Å². The molecule has 8 heteroatoms. The van der Waals surface area contributed by atoms with Crippen LogP contribution < -0.4 is 4.90 Å². The van der Waals surface area contributed by atoms with Crippen LogP contribution in [-0.2, 0) is 4.84 Å². The molecule has 0 saturated carbocycles. The molecule has 134 valence electrons. The van der Waals surface area contributed by atoms with E-state index in [9.17, 15) is 0 Å². The van der Waals surface area contributed by atoms with Crippen molar-refractivity contribution in [2.45, 2.75) is 20.3 Å². The van der Waals surface area contributed by atoms with Crippen LogP contribution in [0.2, 0.25) is 0 Å². The fourth-order valence-electron chi connectivity index (χ4n) is 2.79. The lowest BCUT2D eigenvalue weighted by Gasteiger charge is -2.21. The van der Waals surface area contributed by atoms with E-state index in [1.54, 1.807) is 17.5 Å². The van der Waals surface area contributed by atoms with Crippen molar-refractivity contribution >= 4 is 22.9 Å². The third-order valence-corrected chi connectivity index (χ3v) is 5.31. The Bertz CT molecular complexity index is 948. The number of anilines is 1. The van der Waals surface area contributed by atoms with Gasteiger partial charge in [0.25, 0.3) is 0 Å². The zero-order chi connectivity index (χ0) is 18.1. The van der Waals surface area contributed by atoms with E-state index in [1.165, 1.54) is 0 Å². The fourth-order valence-corrected chi connectivity index (χ4v) is 3.77. The van der Waals surface area contributed by atoms with Gasteiger partial charge in [0.15, 0.2) is 5.69 Å². The summed E-state index contributed by atoms with van der Waals surface area (Å²) in [5.41, 5.74) is 3.44. The lowest BCUT2D eigenvalue weighted by molar-refractivity contribution is 0.158. The van der Waals surface area contributed by atoms with E-state index < -0.39 is 0 Å². The third-order valence-electron chi connectivity index (χ3n) is 4.12. The molecule has 7 nitrogen and oxygen atoms in total. The van der Waals surface area contributed by atoms with E-state index in [4.69, 9.17) is 14.2 Å². The number of nitrogens with zero attached hydrogens (tertiary/aromatic N) is 5. The van der Waals surface area contributed by atoms with E-state index in [2.05, 4.69) is 20.0 Å². The van der Waals surface area contributed by atoms with Gasteiger partial charge in [0.2, 0.25) is 11.8 Å². The molecule has 0 aromatic carbocycles. The minimum Gasteiger partial charge on any atom is -0.419 e. The van der Waals surface area contributed by atoms with Crippen LogP contribution in [0.1, 0.15) is 24.7 Å². The summed E-state index contributed by atoms with van der Waals surface area (Å²) in [6.07, 6.45) is 4.34. The molecule has 0 saturated heterocycles. The summed E-state index contributed by atoms with van der Waals surface area (Å²) < 4.78 is 6.08. The number of rotatable bonds is 4. The summed E-state index contributed by atoms with van der Waals surface area (Å²) in [6.45, 7) is 5.22. The molecule has 0 N–H and O–H groups in total. The largest absolute Gasteiger partial charge is 0.419 e. The molecule has 1 aliphatic heterocycles. The van der Waals surface area contributed by atoms with Gasteiger partial charge in [-0.1, -0.05) is 5.16 Å². The highest BCUT2D eigenvalue weighted by Gasteiger charge is 2.28. The Balaban J connectivity index is 1.75. The van der Waals surface area contributed by atoms with Gasteiger partial charge in [0, 0.05) is 38.0 Å². The minimum absolute atomic E-state index is 0.530. The topological polar surface area (TPSA) is 76.6 Å². The number of aryl methyl sites for hydroxylation is 1. The molecule has 0 fully saturated rings. The molecule has 0 radical (unpaired) electrons. The standard InChI is InChI=1S/C18H19N5O2S/c1-4-24-22-13-7-9-23(3)18-14(13)21-16(25-18)15-11(2)20-17(26-15)12-6-5-8-19-10-12/h5-6,8,10H,4,7,9H2,1-3H3/b22-13+. The molecule has 0 bridgehead atoms. The zero-order valence-corrected chi connectivity index (χ0v) is 15.7. The maximum Gasteiger partial charge on any atom is 0.241 e. The first-order valence-electron chi connectivity index (χ1n) is 8.46. The number of fused-ring (bicyclic) bond motifs is 1. The molecule has 1 aliphatic rings. The smallest absolute Gasteiger partial charge is 0.241 e. The highest BCUT2D eigenvalue weighted by molar-refractivity contribution is 7.18. The molecular weight excluding hydrogens is 350 g/mol. The first-order valence-corrected chi connectivity index (χ1v) is 9.28. The highest BCUT2D eigenvalue weighted by atomic mass is 32.1. The maximum absolute atomic E-state index is 6.08. The van der Waals surface area contributed by atoms with Crippen molar-refractivity contribution in [3.8, 4) is 21.3 Å². The molecule has 26 heavy (non-hydrogen) atoms. The number of aromatic nitrogens is 3. The molecule has 4 heterocycles. The van der Waals surface area contributed by atoms with Crippen LogP contribution in [0.4, 0.5) is 5.88 Å². The Morgan fingerprint density at radius 2 is 2.27 bits per heavy atom. The van der Waals surface area contributed by atoms with Gasteiger partial charge in [0.1, 0.15) is 22.2 Å². The molecule has 3 aromatic rings. The average Bonchev–Trinajstić information content (AvgIpc) is 3.26. The summed E-state index contributed by atoms with van der Waals surface area (Å²) in [6, 6.07) is 3.90. The van der Waals surface area contributed by atoms with Gasteiger partial charge in [-0.25, -0.2) is 9.97 Å². The molecule has 0 unspecified atom stereocenters. The van der Waals surface area contributed by atoms with Crippen LogP contribution in [0.25, 0.3) is 21.3 Å². The predicted molar refractivity (Wildman–Crippen MR) is 102 cm³/mol. The van der Waals surface area contributed by atoms with Crippen molar-refractivity contribution in [3.63, 3.8) is 0 Å². The first kappa shape index (κ1) is 16.7. The summed E-state index contributed by atoms with van der Waals surface area (Å²) in [7, 11) is 1.99. The summed E-state index contributed by atoms with van der Waals surface area (Å²) in [4.78, 5) is 21.7. The number of hydrogen-bond acceptors (Lipinski definition) is 8. The van der Waals surface area contributed by atoms with E-state index >= 15 is 0 Å². The molecule has 0 amide bonds. The first-order chi connectivity index (χ1) is 12.7. The van der Waals surface area contributed by atoms with E-state index in [1.807, 2.05) is 39.2 Å². The monoisotopic (exact) mass is 369 g/mol. The SMILES string of the molecule is CCO/N=C1\CCN(C)c2oc(-c3sc(-c4cccnc4)nc3C)nc21. The quantitative estimate of drug-likeness (QED) is 0.652. The second-order valence-electron chi connectivity index (χ2n) is 5.98. The number of oxime groups is 1. The number of oxazole rings is 1. The molecule has 3 aromatic heterocycles. The lowest BCUT2D eigenvalue weighted by atomic mass is 10.1. The van der Waals surface area contributed by atoms with Crippen LogP contribution in [0.15, 0.2) is 34.1 Å². The van der Waals surface area contributed by atoms with E-state index in [0.29, 0.717) is 12.5 Å². The third kappa shape index (κ3) is 2.96. The zero-order valence-electron chi connectivity index (χ0n) is 14.9. The molecule has 0 aliphatic carbocycles. The Labute approximate surface area is 155 Å². The van der Waals surface area contributed by atoms with Crippen LogP contribution >= 0.6 is 11.3 Å². The van der Waals surface area contributed by atoms with Crippen LogP contribution in [0.3, 0.4) is 0 Å². The Kier molecular flexibility index (Phi) is 4.42. The van der Waals surface area contributed by atoms with E-state index in [0.717, 1.165) is 51.4 Å². The van der Waals surface area contributed by atoms with Crippen molar-refractivity contribution in [1.82, 2.24) is 15.0 Å². The van der Waals surface area contributed by atoms with Gasteiger partial charge < -0.3 is 14.2 Å². The molecule has 0 spiro atoms. The second-order valence-corrected chi connectivity index (χ2v) is 6.97. The van der Waals surface area contributed by atoms with Crippen molar-refractivity contribution in [1.29, 1.82) is 0 Å². The Hall–Kier alpha value is -2.74. The van der Waals surface area contributed by atoms with Gasteiger partial charge in [-0.05, 0) is 26.0 Å². The minimum atomic E-state index is 0.530. The lowest BCUT2D eigenvalue weighted by Crippen LogP contribution is -2.28. The summed E-state index contributed by atoms with van der Waals surface area (Å²) >= 11 is 1.55. The van der Waals surface area contributed by atoms with Crippen LogP contribution in [-0.4, -0.2) is 40.9 Å². The normalized spacial score (nSPS) is 15.3. The van der Waals surface area contributed by atoms with Gasteiger partial charge in [-0.3, -0.25) is 4.98 Å². The predicted octanol–water partition coefficient (Wildman–Crippen LogP) is 3.75.